The minimum absolute atomic E-state index is 0.0740. The summed E-state index contributed by atoms with van der Waals surface area (Å²) in [6, 6.07) is 9.13. The molecule has 2 aromatic heterocycles. The summed E-state index contributed by atoms with van der Waals surface area (Å²) >= 11 is 0. The average Bonchev–Trinajstić information content (AvgIpc) is 3.31. The minimum atomic E-state index is -0.518. The zero-order valence-electron chi connectivity index (χ0n) is 20.5. The maximum Gasteiger partial charge on any atom is 0.158 e. The van der Waals surface area contributed by atoms with Gasteiger partial charge in [0.2, 0.25) is 0 Å². The summed E-state index contributed by atoms with van der Waals surface area (Å²) in [5.41, 5.74) is 11.8. The molecule has 0 aliphatic carbocycles. The average molecular weight is 499 g/mol. The second kappa shape index (κ2) is 12.5. The van der Waals surface area contributed by atoms with Crippen molar-refractivity contribution in [3.05, 3.63) is 58.9 Å². The minimum Gasteiger partial charge on any atom is -0.497 e. The van der Waals surface area contributed by atoms with Crippen LogP contribution in [0.5, 0.6) is 5.75 Å². The number of ether oxygens (including phenoxy) is 5. The monoisotopic (exact) mass is 498 g/mol. The molecule has 0 bridgehead atoms. The second-order valence-electron chi connectivity index (χ2n) is 8.21. The van der Waals surface area contributed by atoms with Gasteiger partial charge in [0.25, 0.3) is 0 Å². The molecule has 192 valence electrons. The van der Waals surface area contributed by atoms with E-state index >= 15 is 0 Å². The number of benzene rings is 1. The molecule has 3 aromatic rings. The van der Waals surface area contributed by atoms with E-state index in [1.165, 1.54) is 6.33 Å². The molecule has 3 atom stereocenters. The van der Waals surface area contributed by atoms with Crippen molar-refractivity contribution in [3.8, 4) is 5.75 Å². The smallest absolute Gasteiger partial charge is 0.158 e. The maximum atomic E-state index is 9.12. The second-order valence-corrected chi connectivity index (χ2v) is 8.21. The Morgan fingerprint density at radius 2 is 1.86 bits per heavy atom. The Balaban J connectivity index is 1.59. The number of nitrogens with one attached hydrogen (secondary N) is 1. The van der Waals surface area contributed by atoms with E-state index in [9.17, 15) is 0 Å². The molecule has 0 amide bonds. The molecule has 1 aliphatic heterocycles. The van der Waals surface area contributed by atoms with E-state index in [0.717, 1.165) is 22.5 Å². The van der Waals surface area contributed by atoms with Crippen LogP contribution in [-0.4, -0.2) is 85.8 Å². The zero-order chi connectivity index (χ0) is 25.3. The Bertz CT molecular complexity index is 1170. The normalized spacial score (nSPS) is 20.2. The van der Waals surface area contributed by atoms with Crippen molar-refractivity contribution in [2.24, 2.45) is 5.11 Å². The molecule has 1 aliphatic rings. The van der Waals surface area contributed by atoms with Crippen LogP contribution in [0.3, 0.4) is 0 Å². The van der Waals surface area contributed by atoms with Gasteiger partial charge in [-0.15, -0.1) is 0 Å². The van der Waals surface area contributed by atoms with Gasteiger partial charge in [0.05, 0.1) is 25.4 Å². The molecule has 0 spiro atoms. The highest BCUT2D eigenvalue weighted by Gasteiger charge is 2.38. The van der Waals surface area contributed by atoms with E-state index in [-0.39, 0.29) is 13.6 Å². The van der Waals surface area contributed by atoms with Crippen LogP contribution in [0, 0.1) is 0 Å². The SMILES string of the molecule is COCO[C@H]1CN(Cc2ccn3ncnc(Nc4cccc(OC)c4)c23)C[C@@H](OCOC)[C@@H]1N=[N+]=[N-]. The lowest BCUT2D eigenvalue weighted by atomic mass is 9.98. The first kappa shape index (κ1) is 25.6. The molecule has 36 heavy (non-hydrogen) atoms. The number of aromatic nitrogens is 3. The Kier molecular flexibility index (Phi) is 8.90. The largest absolute Gasteiger partial charge is 0.497 e. The molecule has 1 saturated heterocycles. The van der Waals surface area contributed by atoms with Gasteiger partial charge in [-0.25, -0.2) is 9.50 Å². The summed E-state index contributed by atoms with van der Waals surface area (Å²) in [5, 5.41) is 11.7. The summed E-state index contributed by atoms with van der Waals surface area (Å²) < 4.78 is 29.0. The number of likely N-dealkylation sites (tertiary alicyclic amines) is 1. The quantitative estimate of drug-likeness (QED) is 0.173. The lowest BCUT2D eigenvalue weighted by Crippen LogP contribution is -2.56. The van der Waals surface area contributed by atoms with E-state index in [1.54, 1.807) is 25.8 Å². The van der Waals surface area contributed by atoms with Gasteiger partial charge in [-0.2, -0.15) is 5.10 Å². The molecule has 4 rings (SSSR count). The maximum absolute atomic E-state index is 9.12. The number of azide groups is 1. The van der Waals surface area contributed by atoms with Gasteiger partial charge in [0, 0.05) is 56.7 Å². The Labute approximate surface area is 208 Å². The summed E-state index contributed by atoms with van der Waals surface area (Å²) in [6.45, 7) is 1.75. The van der Waals surface area contributed by atoms with Gasteiger partial charge in [0.15, 0.2) is 5.82 Å². The number of piperidine rings is 1. The number of rotatable bonds is 12. The molecule has 0 radical (unpaired) electrons. The third kappa shape index (κ3) is 6.02. The first-order chi connectivity index (χ1) is 17.7. The number of nitrogens with zero attached hydrogens (tertiary/aromatic N) is 7. The summed E-state index contributed by atoms with van der Waals surface area (Å²) in [6.07, 6.45) is 2.56. The van der Waals surface area contributed by atoms with Crippen LogP contribution in [-0.2, 0) is 25.5 Å². The molecule has 1 fully saturated rings. The predicted octanol–water partition coefficient (Wildman–Crippen LogP) is 2.95. The van der Waals surface area contributed by atoms with E-state index in [0.29, 0.717) is 25.5 Å². The van der Waals surface area contributed by atoms with Crippen LogP contribution in [0.15, 0.2) is 48.0 Å². The molecule has 13 nitrogen and oxygen atoms in total. The molecule has 13 heteroatoms. The van der Waals surface area contributed by atoms with E-state index in [4.69, 9.17) is 29.2 Å². The van der Waals surface area contributed by atoms with Crippen LogP contribution >= 0.6 is 0 Å². The van der Waals surface area contributed by atoms with Crippen molar-refractivity contribution < 1.29 is 23.7 Å². The molecule has 1 aromatic carbocycles. The van der Waals surface area contributed by atoms with Crippen molar-refractivity contribution in [3.63, 3.8) is 0 Å². The number of anilines is 2. The van der Waals surface area contributed by atoms with Crippen molar-refractivity contribution in [1.29, 1.82) is 0 Å². The topological polar surface area (TPSA) is 140 Å². The fourth-order valence-electron chi connectivity index (χ4n) is 4.31. The highest BCUT2D eigenvalue weighted by Crippen LogP contribution is 2.28. The van der Waals surface area contributed by atoms with Gasteiger partial charge in [-0.3, -0.25) is 4.90 Å². The van der Waals surface area contributed by atoms with Gasteiger partial charge < -0.3 is 29.0 Å². The highest BCUT2D eigenvalue weighted by molar-refractivity contribution is 5.76. The lowest BCUT2D eigenvalue weighted by molar-refractivity contribution is -0.154. The van der Waals surface area contributed by atoms with Crippen molar-refractivity contribution in [1.82, 2.24) is 19.5 Å². The molecular formula is C23H30N8O5. The molecule has 1 N–H and O–H groups in total. The van der Waals surface area contributed by atoms with Crippen LogP contribution < -0.4 is 10.1 Å². The Hall–Kier alpha value is -3.45. The number of fused-ring (bicyclic) bond motifs is 1. The zero-order valence-corrected chi connectivity index (χ0v) is 20.5. The Morgan fingerprint density at radius 3 is 2.53 bits per heavy atom. The summed E-state index contributed by atoms with van der Waals surface area (Å²) in [5.74, 6) is 1.41. The number of hydrogen-bond acceptors (Lipinski definition) is 10. The van der Waals surface area contributed by atoms with E-state index in [1.807, 2.05) is 36.5 Å². The van der Waals surface area contributed by atoms with Crippen molar-refractivity contribution in [2.75, 3.05) is 53.3 Å². The summed E-state index contributed by atoms with van der Waals surface area (Å²) in [7, 11) is 4.73. The van der Waals surface area contributed by atoms with Gasteiger partial charge in [0.1, 0.15) is 31.2 Å². The van der Waals surface area contributed by atoms with Crippen molar-refractivity contribution in [2.45, 2.75) is 24.8 Å². The highest BCUT2D eigenvalue weighted by atomic mass is 16.7. The summed E-state index contributed by atoms with van der Waals surface area (Å²) in [4.78, 5) is 9.68. The molecule has 0 saturated carbocycles. The number of methoxy groups -OCH3 is 3. The fraction of sp³-hybridized carbons (Fsp3) is 0.478. The van der Waals surface area contributed by atoms with Crippen LogP contribution in [0.4, 0.5) is 11.5 Å². The van der Waals surface area contributed by atoms with Gasteiger partial charge >= 0.3 is 0 Å². The predicted molar refractivity (Wildman–Crippen MR) is 131 cm³/mol. The first-order valence-electron chi connectivity index (χ1n) is 11.4. The van der Waals surface area contributed by atoms with Gasteiger partial charge in [-0.05, 0) is 29.3 Å². The lowest BCUT2D eigenvalue weighted by Gasteiger charge is -2.41. The Morgan fingerprint density at radius 1 is 1.11 bits per heavy atom. The fourth-order valence-corrected chi connectivity index (χ4v) is 4.31. The van der Waals surface area contributed by atoms with Crippen LogP contribution in [0.2, 0.25) is 0 Å². The van der Waals surface area contributed by atoms with Crippen molar-refractivity contribution >= 4 is 17.0 Å². The third-order valence-electron chi connectivity index (χ3n) is 5.89. The molecule has 3 heterocycles. The van der Waals surface area contributed by atoms with Crippen LogP contribution in [0.1, 0.15) is 5.56 Å². The van der Waals surface area contributed by atoms with E-state index in [2.05, 4.69) is 30.3 Å². The number of hydrogen-bond donors (Lipinski definition) is 1. The molecule has 0 unspecified atom stereocenters. The van der Waals surface area contributed by atoms with Gasteiger partial charge in [-0.1, -0.05) is 11.2 Å². The third-order valence-corrected chi connectivity index (χ3v) is 5.89. The standard InChI is InChI=1S/C23H30N8O5/c1-32-14-35-19-11-30(12-20(36-15-33-2)21(19)28-29-24)10-16-7-8-31-22(16)23(25-13-26-31)27-17-5-4-6-18(9-17)34-3/h4-9,13,19-21H,10-12,14-15H2,1-3H3,(H,25,26,27)/t19-,20+,21+. The molecular weight excluding hydrogens is 468 g/mol. The first-order valence-corrected chi connectivity index (χ1v) is 11.4. The van der Waals surface area contributed by atoms with Crippen LogP contribution in [0.25, 0.3) is 16.0 Å². The van der Waals surface area contributed by atoms with E-state index < -0.39 is 18.2 Å².